The molecule has 130 valence electrons. The average molecular weight is 353 g/mol. The van der Waals surface area contributed by atoms with E-state index in [2.05, 4.69) is 5.32 Å². The first-order chi connectivity index (χ1) is 11.5. The molecule has 3 rings (SSSR count). The van der Waals surface area contributed by atoms with E-state index >= 15 is 0 Å². The van der Waals surface area contributed by atoms with Crippen molar-refractivity contribution >= 4 is 40.6 Å². The van der Waals surface area contributed by atoms with Gasteiger partial charge in [0.1, 0.15) is 6.54 Å². The molecule has 3 fully saturated rings. The number of hydrogen-bond donors (Lipinski definition) is 1. The van der Waals surface area contributed by atoms with Gasteiger partial charge in [0.2, 0.25) is 23.6 Å². The number of carbonyl (C=O) groups is 5. The van der Waals surface area contributed by atoms with Gasteiger partial charge >= 0.3 is 0 Å². The van der Waals surface area contributed by atoms with Gasteiger partial charge in [-0.15, -0.1) is 0 Å². The monoisotopic (exact) mass is 353 g/mol. The summed E-state index contributed by atoms with van der Waals surface area (Å²) in [5.41, 5.74) is 0. The quantitative estimate of drug-likeness (QED) is 0.727. The zero-order valence-corrected chi connectivity index (χ0v) is 14.0. The van der Waals surface area contributed by atoms with Gasteiger partial charge in [-0.05, 0) is 12.8 Å². The van der Waals surface area contributed by atoms with Crippen LogP contribution < -0.4 is 5.32 Å². The summed E-state index contributed by atoms with van der Waals surface area (Å²) in [6.45, 7) is -0.294. The van der Waals surface area contributed by atoms with Crippen molar-refractivity contribution in [3.63, 3.8) is 0 Å². The summed E-state index contributed by atoms with van der Waals surface area (Å²) < 4.78 is 0. The van der Waals surface area contributed by atoms with Crippen LogP contribution in [0.1, 0.15) is 38.5 Å². The fourth-order valence-corrected chi connectivity index (χ4v) is 4.23. The van der Waals surface area contributed by atoms with Crippen molar-refractivity contribution < 1.29 is 24.0 Å². The number of hydrogen-bond acceptors (Lipinski definition) is 6. The van der Waals surface area contributed by atoms with E-state index in [4.69, 9.17) is 0 Å². The zero-order chi connectivity index (χ0) is 17.3. The molecular weight excluding hydrogens is 334 g/mol. The predicted molar refractivity (Wildman–Crippen MR) is 84.8 cm³/mol. The van der Waals surface area contributed by atoms with Crippen LogP contribution in [0.5, 0.6) is 0 Å². The minimum absolute atomic E-state index is 0.145. The fourth-order valence-electron chi connectivity index (χ4n) is 3.47. The molecule has 0 aromatic carbocycles. The molecule has 0 spiro atoms. The van der Waals surface area contributed by atoms with Crippen molar-refractivity contribution in [2.24, 2.45) is 0 Å². The molecule has 0 aromatic heterocycles. The molecule has 0 aromatic rings. The second-order valence-corrected chi connectivity index (χ2v) is 7.14. The summed E-state index contributed by atoms with van der Waals surface area (Å²) in [4.78, 5) is 61.5. The molecule has 2 saturated heterocycles. The smallest absolute Gasteiger partial charge is 0.289 e. The molecule has 0 bridgehead atoms. The minimum Gasteiger partial charge on any atom is -0.350 e. The van der Waals surface area contributed by atoms with Gasteiger partial charge in [0.05, 0.1) is 11.8 Å². The normalized spacial score (nSPS) is 28.0. The van der Waals surface area contributed by atoms with E-state index in [0.29, 0.717) is 12.8 Å². The van der Waals surface area contributed by atoms with Crippen molar-refractivity contribution in [3.05, 3.63) is 0 Å². The summed E-state index contributed by atoms with van der Waals surface area (Å²) in [6.07, 6.45) is 3.40. The van der Waals surface area contributed by atoms with Gasteiger partial charge in [0.25, 0.3) is 5.24 Å². The molecule has 2 unspecified atom stereocenters. The molecule has 3 aliphatic rings. The van der Waals surface area contributed by atoms with Crippen LogP contribution in [-0.2, 0) is 19.2 Å². The van der Waals surface area contributed by atoms with Crippen LogP contribution in [0.2, 0.25) is 0 Å². The lowest BCUT2D eigenvalue weighted by Crippen LogP contribution is -2.56. The molecule has 0 radical (unpaired) electrons. The van der Waals surface area contributed by atoms with E-state index < -0.39 is 5.91 Å². The van der Waals surface area contributed by atoms with Gasteiger partial charge in [0.15, 0.2) is 0 Å². The number of imide groups is 2. The molecule has 1 aliphatic carbocycles. The lowest BCUT2D eigenvalue weighted by Gasteiger charge is -2.37. The number of carbonyl (C=O) groups excluding carboxylic acids is 5. The third-order valence-corrected chi connectivity index (χ3v) is 5.48. The SMILES string of the molecule is O=C(CN1C(=O)CCC1=O)NC1CCCCC1N1C(=O)CSC1=O. The third kappa shape index (κ3) is 3.31. The van der Waals surface area contributed by atoms with Gasteiger partial charge < -0.3 is 5.32 Å². The first-order valence-electron chi connectivity index (χ1n) is 8.08. The van der Waals surface area contributed by atoms with E-state index in [1.807, 2.05) is 0 Å². The van der Waals surface area contributed by atoms with Crippen molar-refractivity contribution in [1.82, 2.24) is 15.1 Å². The number of likely N-dealkylation sites (tertiary alicyclic amines) is 1. The summed E-state index contributed by atoms with van der Waals surface area (Å²) in [5.74, 6) is -1.18. The molecule has 1 N–H and O–H groups in total. The van der Waals surface area contributed by atoms with Crippen LogP contribution in [-0.4, -0.2) is 63.0 Å². The summed E-state index contributed by atoms with van der Waals surface area (Å²) >= 11 is 0.982. The van der Waals surface area contributed by atoms with Crippen molar-refractivity contribution in [3.8, 4) is 0 Å². The Morgan fingerprint density at radius 3 is 2.33 bits per heavy atom. The molecule has 2 heterocycles. The van der Waals surface area contributed by atoms with Gasteiger partial charge in [0, 0.05) is 18.9 Å². The molecule has 24 heavy (non-hydrogen) atoms. The summed E-state index contributed by atoms with van der Waals surface area (Å²) in [5, 5.41) is 2.55. The Kier molecular flexibility index (Phi) is 4.88. The highest BCUT2D eigenvalue weighted by Crippen LogP contribution is 2.30. The van der Waals surface area contributed by atoms with Crippen molar-refractivity contribution in [2.45, 2.75) is 50.6 Å². The second kappa shape index (κ2) is 6.92. The Labute approximate surface area is 143 Å². The van der Waals surface area contributed by atoms with Crippen LogP contribution in [0.15, 0.2) is 0 Å². The van der Waals surface area contributed by atoms with Crippen LogP contribution in [0.3, 0.4) is 0 Å². The van der Waals surface area contributed by atoms with E-state index in [9.17, 15) is 24.0 Å². The van der Waals surface area contributed by atoms with E-state index in [0.717, 1.165) is 29.5 Å². The number of nitrogens with one attached hydrogen (secondary N) is 1. The maximum absolute atomic E-state index is 12.2. The van der Waals surface area contributed by atoms with Crippen LogP contribution in [0, 0.1) is 0 Å². The Bertz CT molecular complexity index is 576. The molecule has 5 amide bonds. The van der Waals surface area contributed by atoms with E-state index in [1.54, 1.807) is 0 Å². The van der Waals surface area contributed by atoms with Crippen LogP contribution >= 0.6 is 11.8 Å². The first kappa shape index (κ1) is 16.9. The van der Waals surface area contributed by atoms with Crippen LogP contribution in [0.4, 0.5) is 4.79 Å². The summed E-state index contributed by atoms with van der Waals surface area (Å²) in [6, 6.07) is -0.673. The van der Waals surface area contributed by atoms with Crippen LogP contribution in [0.25, 0.3) is 0 Å². The average Bonchev–Trinajstić information content (AvgIpc) is 3.04. The number of rotatable bonds is 4. The Morgan fingerprint density at radius 1 is 1.04 bits per heavy atom. The molecule has 2 aliphatic heterocycles. The molecule has 2 atom stereocenters. The maximum atomic E-state index is 12.2. The number of nitrogens with zero attached hydrogens (tertiary/aromatic N) is 2. The predicted octanol–water partition coefficient (Wildman–Crippen LogP) is 0.258. The molecule has 1 saturated carbocycles. The summed E-state index contributed by atoms with van der Waals surface area (Å²) in [7, 11) is 0. The third-order valence-electron chi connectivity index (χ3n) is 4.65. The Morgan fingerprint density at radius 2 is 1.71 bits per heavy atom. The number of amides is 5. The first-order valence-corrected chi connectivity index (χ1v) is 9.07. The largest absolute Gasteiger partial charge is 0.350 e. The van der Waals surface area contributed by atoms with Crippen molar-refractivity contribution in [2.75, 3.05) is 12.3 Å². The van der Waals surface area contributed by atoms with Gasteiger partial charge in [-0.2, -0.15) is 0 Å². The van der Waals surface area contributed by atoms with Crippen molar-refractivity contribution in [1.29, 1.82) is 0 Å². The Balaban J connectivity index is 1.64. The van der Waals surface area contributed by atoms with E-state index in [-0.39, 0.29) is 60.2 Å². The Hall–Kier alpha value is -1.90. The highest BCUT2D eigenvalue weighted by Gasteiger charge is 2.41. The number of thioether (sulfide) groups is 1. The topological polar surface area (TPSA) is 104 Å². The lowest BCUT2D eigenvalue weighted by molar-refractivity contribution is -0.142. The molecular formula is C15H19N3O5S. The highest BCUT2D eigenvalue weighted by molar-refractivity contribution is 8.14. The van der Waals surface area contributed by atoms with Gasteiger partial charge in [-0.3, -0.25) is 33.8 Å². The molecule has 9 heteroatoms. The molecule has 8 nitrogen and oxygen atoms in total. The zero-order valence-electron chi connectivity index (χ0n) is 13.2. The van der Waals surface area contributed by atoms with Gasteiger partial charge in [-0.25, -0.2) is 0 Å². The maximum Gasteiger partial charge on any atom is 0.289 e. The highest BCUT2D eigenvalue weighted by atomic mass is 32.2. The van der Waals surface area contributed by atoms with Gasteiger partial charge in [-0.1, -0.05) is 24.6 Å². The lowest BCUT2D eigenvalue weighted by atomic mass is 9.89. The standard InChI is InChI=1S/C15H19N3O5S/c19-11(7-17-12(20)5-6-13(17)21)16-9-3-1-2-4-10(9)18-14(22)8-24-15(18)23/h9-10H,1-8H2,(H,16,19). The second-order valence-electron chi connectivity index (χ2n) is 6.22. The fraction of sp³-hybridized carbons (Fsp3) is 0.667. The minimum atomic E-state index is -0.428. The van der Waals surface area contributed by atoms with E-state index in [1.165, 1.54) is 4.90 Å².